The lowest BCUT2D eigenvalue weighted by Crippen LogP contribution is -2.11. The Bertz CT molecular complexity index is 1110. The predicted octanol–water partition coefficient (Wildman–Crippen LogP) is 3.60. The average molecular weight is 338 g/mol. The van der Waals surface area contributed by atoms with Crippen molar-refractivity contribution in [2.24, 2.45) is 5.73 Å². The van der Waals surface area contributed by atoms with Gasteiger partial charge in [0.05, 0.1) is 11.3 Å². The van der Waals surface area contributed by atoms with E-state index in [9.17, 15) is 13.6 Å². The topological polar surface area (TPSA) is 87.6 Å². The molecule has 0 fully saturated rings. The molecule has 5 nitrogen and oxygen atoms in total. The van der Waals surface area contributed by atoms with Gasteiger partial charge in [-0.2, -0.15) is 0 Å². The first-order valence-electron chi connectivity index (χ1n) is 7.45. The molecule has 0 bridgehead atoms. The van der Waals surface area contributed by atoms with E-state index in [-0.39, 0.29) is 5.56 Å². The summed E-state index contributed by atoms with van der Waals surface area (Å²) < 4.78 is 26.8. The summed E-state index contributed by atoms with van der Waals surface area (Å²) in [6.45, 7) is 0. The number of hydrogen-bond acceptors (Lipinski definition) is 2. The SMILES string of the molecule is NC(=O)c1cc(-c2ccnc3[nH]ccc23)[nH]c1-c1ccc(F)c(F)c1. The highest BCUT2D eigenvalue weighted by molar-refractivity contribution is 6.02. The van der Waals surface area contributed by atoms with Gasteiger partial charge in [-0.3, -0.25) is 4.79 Å². The van der Waals surface area contributed by atoms with Gasteiger partial charge in [-0.25, -0.2) is 13.8 Å². The van der Waals surface area contributed by atoms with E-state index in [1.54, 1.807) is 24.5 Å². The van der Waals surface area contributed by atoms with Crippen molar-refractivity contribution >= 4 is 16.9 Å². The van der Waals surface area contributed by atoms with Gasteiger partial charge in [0.1, 0.15) is 5.65 Å². The van der Waals surface area contributed by atoms with Crippen LogP contribution in [-0.4, -0.2) is 20.9 Å². The van der Waals surface area contributed by atoms with Gasteiger partial charge in [0.2, 0.25) is 0 Å². The molecule has 0 aliphatic rings. The first-order chi connectivity index (χ1) is 12.0. The Kier molecular flexibility index (Phi) is 3.35. The zero-order valence-corrected chi connectivity index (χ0v) is 12.8. The predicted molar refractivity (Wildman–Crippen MR) is 89.8 cm³/mol. The van der Waals surface area contributed by atoms with Crippen molar-refractivity contribution in [1.29, 1.82) is 0 Å². The molecular weight excluding hydrogens is 326 g/mol. The Morgan fingerprint density at radius 3 is 2.68 bits per heavy atom. The van der Waals surface area contributed by atoms with Crippen molar-refractivity contribution in [2.45, 2.75) is 0 Å². The third kappa shape index (κ3) is 2.46. The molecule has 1 aromatic carbocycles. The molecule has 0 saturated carbocycles. The lowest BCUT2D eigenvalue weighted by molar-refractivity contribution is 0.100. The summed E-state index contributed by atoms with van der Waals surface area (Å²) in [4.78, 5) is 22.1. The van der Waals surface area contributed by atoms with Crippen LogP contribution in [0.2, 0.25) is 0 Å². The summed E-state index contributed by atoms with van der Waals surface area (Å²) in [6.07, 6.45) is 3.39. The van der Waals surface area contributed by atoms with Gasteiger partial charge in [-0.1, -0.05) is 0 Å². The molecule has 0 unspecified atom stereocenters. The Morgan fingerprint density at radius 1 is 1.08 bits per heavy atom. The Labute approximate surface area is 140 Å². The molecule has 0 aliphatic carbocycles. The van der Waals surface area contributed by atoms with Crippen LogP contribution >= 0.6 is 0 Å². The summed E-state index contributed by atoms with van der Waals surface area (Å²) in [5.41, 5.74) is 8.45. The number of carbonyl (C=O) groups is 1. The van der Waals surface area contributed by atoms with Crippen molar-refractivity contribution in [1.82, 2.24) is 15.0 Å². The van der Waals surface area contributed by atoms with Gasteiger partial charge in [-0.15, -0.1) is 0 Å². The number of rotatable bonds is 3. The number of H-pyrrole nitrogens is 2. The number of nitrogens with two attached hydrogens (primary N) is 1. The summed E-state index contributed by atoms with van der Waals surface area (Å²) in [5.74, 6) is -2.62. The lowest BCUT2D eigenvalue weighted by atomic mass is 10.1. The largest absolute Gasteiger partial charge is 0.366 e. The standard InChI is InChI=1S/C18H12F2N4O/c19-13-2-1-9(7-14(13)20)16-12(17(21)25)8-15(24-16)10-3-5-22-18-11(10)4-6-23-18/h1-8,24H,(H2,21,25)(H,22,23). The molecule has 124 valence electrons. The molecule has 0 saturated heterocycles. The summed E-state index contributed by atoms with van der Waals surface area (Å²) in [7, 11) is 0. The first-order valence-corrected chi connectivity index (χ1v) is 7.45. The molecule has 4 aromatic rings. The number of amides is 1. The van der Waals surface area contributed by atoms with Crippen molar-refractivity contribution in [2.75, 3.05) is 0 Å². The number of aromatic nitrogens is 3. The van der Waals surface area contributed by atoms with Crippen LogP contribution in [0.3, 0.4) is 0 Å². The number of carbonyl (C=O) groups excluding carboxylic acids is 1. The lowest BCUT2D eigenvalue weighted by Gasteiger charge is -2.03. The van der Waals surface area contributed by atoms with Crippen molar-refractivity contribution < 1.29 is 13.6 Å². The molecule has 7 heteroatoms. The van der Waals surface area contributed by atoms with Crippen LogP contribution in [0.25, 0.3) is 33.5 Å². The van der Waals surface area contributed by atoms with Crippen LogP contribution in [0.4, 0.5) is 8.78 Å². The summed E-state index contributed by atoms with van der Waals surface area (Å²) in [5, 5.41) is 0.858. The molecule has 0 aliphatic heterocycles. The molecule has 25 heavy (non-hydrogen) atoms. The molecule has 4 N–H and O–H groups in total. The van der Waals surface area contributed by atoms with Crippen LogP contribution in [0.1, 0.15) is 10.4 Å². The van der Waals surface area contributed by atoms with Crippen LogP contribution in [0.15, 0.2) is 48.8 Å². The van der Waals surface area contributed by atoms with E-state index >= 15 is 0 Å². The number of aromatic amines is 2. The minimum absolute atomic E-state index is 0.196. The van der Waals surface area contributed by atoms with Gasteiger partial charge < -0.3 is 15.7 Å². The molecule has 1 amide bonds. The van der Waals surface area contributed by atoms with E-state index in [1.165, 1.54) is 6.07 Å². The third-order valence-electron chi connectivity index (χ3n) is 4.04. The summed E-state index contributed by atoms with van der Waals surface area (Å²) in [6, 6.07) is 8.67. The highest BCUT2D eigenvalue weighted by Gasteiger charge is 2.18. The smallest absolute Gasteiger partial charge is 0.250 e. The van der Waals surface area contributed by atoms with Gasteiger partial charge in [0, 0.05) is 34.6 Å². The van der Waals surface area contributed by atoms with Crippen LogP contribution in [0.5, 0.6) is 0 Å². The highest BCUT2D eigenvalue weighted by atomic mass is 19.2. The second-order valence-corrected chi connectivity index (χ2v) is 5.56. The molecule has 4 rings (SSSR count). The van der Waals surface area contributed by atoms with Gasteiger partial charge in [-0.05, 0) is 36.4 Å². The van der Waals surface area contributed by atoms with E-state index in [0.29, 0.717) is 22.6 Å². The van der Waals surface area contributed by atoms with Crippen LogP contribution in [0, 0.1) is 11.6 Å². The van der Waals surface area contributed by atoms with E-state index in [2.05, 4.69) is 15.0 Å². The molecular formula is C18H12F2N4O. The number of benzene rings is 1. The van der Waals surface area contributed by atoms with Crippen molar-refractivity contribution in [3.8, 4) is 22.5 Å². The second kappa shape index (κ2) is 5.55. The minimum atomic E-state index is -0.999. The molecule has 0 radical (unpaired) electrons. The highest BCUT2D eigenvalue weighted by Crippen LogP contribution is 2.32. The number of halogens is 2. The second-order valence-electron chi connectivity index (χ2n) is 5.56. The number of hydrogen-bond donors (Lipinski definition) is 3. The molecule has 0 atom stereocenters. The maximum atomic E-state index is 13.6. The fourth-order valence-corrected chi connectivity index (χ4v) is 2.87. The Balaban J connectivity index is 1.93. The zero-order chi connectivity index (χ0) is 17.6. The summed E-state index contributed by atoms with van der Waals surface area (Å²) >= 11 is 0. The minimum Gasteiger partial charge on any atom is -0.366 e. The average Bonchev–Trinajstić information content (AvgIpc) is 3.23. The van der Waals surface area contributed by atoms with Crippen LogP contribution < -0.4 is 5.73 Å². The van der Waals surface area contributed by atoms with E-state index in [0.717, 1.165) is 23.1 Å². The monoisotopic (exact) mass is 338 g/mol. The van der Waals surface area contributed by atoms with Gasteiger partial charge >= 0.3 is 0 Å². The number of nitrogens with zero attached hydrogens (tertiary/aromatic N) is 1. The first kappa shape index (κ1) is 15.1. The van der Waals surface area contributed by atoms with E-state index in [1.807, 2.05) is 6.07 Å². The fraction of sp³-hybridized carbons (Fsp3) is 0. The quantitative estimate of drug-likeness (QED) is 0.533. The van der Waals surface area contributed by atoms with E-state index in [4.69, 9.17) is 5.73 Å². The molecule has 3 aromatic heterocycles. The Morgan fingerprint density at radius 2 is 1.92 bits per heavy atom. The molecule has 3 heterocycles. The fourth-order valence-electron chi connectivity index (χ4n) is 2.87. The third-order valence-corrected chi connectivity index (χ3v) is 4.04. The maximum absolute atomic E-state index is 13.6. The zero-order valence-electron chi connectivity index (χ0n) is 12.8. The van der Waals surface area contributed by atoms with Crippen molar-refractivity contribution in [3.05, 3.63) is 66.0 Å². The van der Waals surface area contributed by atoms with Crippen LogP contribution in [-0.2, 0) is 0 Å². The number of pyridine rings is 1. The van der Waals surface area contributed by atoms with Gasteiger partial charge in [0.25, 0.3) is 5.91 Å². The molecule has 0 spiro atoms. The van der Waals surface area contributed by atoms with Crippen molar-refractivity contribution in [3.63, 3.8) is 0 Å². The number of primary amides is 1. The van der Waals surface area contributed by atoms with Gasteiger partial charge in [0.15, 0.2) is 11.6 Å². The maximum Gasteiger partial charge on any atom is 0.250 e. The van der Waals surface area contributed by atoms with E-state index < -0.39 is 17.5 Å². The Hall–Kier alpha value is -3.48. The number of fused-ring (bicyclic) bond motifs is 1. The number of nitrogens with one attached hydrogen (secondary N) is 2. The normalized spacial score (nSPS) is 11.1.